The molecule has 0 radical (unpaired) electrons. The summed E-state index contributed by atoms with van der Waals surface area (Å²) in [5.74, 6) is -4.17. The van der Waals surface area contributed by atoms with E-state index in [1.54, 1.807) is 0 Å². The molecule has 1 amide bonds. The minimum absolute atomic E-state index is 0.0777. The summed E-state index contributed by atoms with van der Waals surface area (Å²) < 4.78 is 31.7. The average Bonchev–Trinajstić information content (AvgIpc) is 2.94. The molecule has 0 unspecified atom stereocenters. The average molecular weight is 577 g/mol. The van der Waals surface area contributed by atoms with Crippen molar-refractivity contribution in [3.05, 3.63) is 78.4 Å². The molecular formula is C29H35F3N4O5. The monoisotopic (exact) mass is 576 g/mol. The third-order valence-electron chi connectivity index (χ3n) is 6.18. The molecule has 3 aromatic carbocycles. The van der Waals surface area contributed by atoms with E-state index in [1.807, 2.05) is 72.8 Å². The molecule has 0 aromatic heterocycles. The van der Waals surface area contributed by atoms with Gasteiger partial charge in [0, 0.05) is 18.8 Å². The quantitative estimate of drug-likeness (QED) is 0.205. The first kappa shape index (κ1) is 33.0. The van der Waals surface area contributed by atoms with Gasteiger partial charge in [-0.3, -0.25) is 4.79 Å². The van der Waals surface area contributed by atoms with E-state index in [-0.39, 0.29) is 12.5 Å². The molecule has 0 bridgehead atoms. The lowest BCUT2D eigenvalue weighted by atomic mass is 10.1. The topological polar surface area (TPSA) is 159 Å². The van der Waals surface area contributed by atoms with Crippen molar-refractivity contribution >= 4 is 34.3 Å². The number of nitrogens with one attached hydrogen (secondary N) is 1. The van der Waals surface area contributed by atoms with E-state index >= 15 is 0 Å². The molecule has 0 saturated carbocycles. The van der Waals surface area contributed by atoms with E-state index in [4.69, 9.17) is 21.4 Å². The maximum Gasteiger partial charge on any atom is 0.490 e. The molecule has 0 fully saturated rings. The second kappa shape index (κ2) is 16.2. The van der Waals surface area contributed by atoms with Crippen LogP contribution in [-0.4, -0.2) is 70.9 Å². The van der Waals surface area contributed by atoms with Crippen molar-refractivity contribution in [2.24, 2.45) is 11.5 Å². The van der Waals surface area contributed by atoms with Crippen molar-refractivity contribution in [2.75, 3.05) is 25.0 Å². The lowest BCUT2D eigenvalue weighted by Gasteiger charge is -2.31. The Morgan fingerprint density at radius 3 is 2.10 bits per heavy atom. The van der Waals surface area contributed by atoms with Gasteiger partial charge in [0.2, 0.25) is 5.91 Å². The minimum Gasteiger partial charge on any atom is -0.480 e. The number of carboxylic acids is 2. The highest BCUT2D eigenvalue weighted by Gasteiger charge is 2.38. The van der Waals surface area contributed by atoms with Gasteiger partial charge in [0.25, 0.3) is 0 Å². The number of alkyl halides is 3. The van der Waals surface area contributed by atoms with E-state index < -0.39 is 30.2 Å². The summed E-state index contributed by atoms with van der Waals surface area (Å²) in [4.78, 5) is 35.8. The predicted molar refractivity (Wildman–Crippen MR) is 150 cm³/mol. The third-order valence-corrected chi connectivity index (χ3v) is 6.18. The van der Waals surface area contributed by atoms with Gasteiger partial charge in [0.15, 0.2) is 0 Å². The molecule has 7 N–H and O–H groups in total. The van der Waals surface area contributed by atoms with Crippen molar-refractivity contribution < 1.29 is 37.8 Å². The molecule has 9 nitrogen and oxygen atoms in total. The first-order valence-electron chi connectivity index (χ1n) is 13.0. The molecule has 41 heavy (non-hydrogen) atoms. The number of anilines is 1. The van der Waals surface area contributed by atoms with Gasteiger partial charge in [-0.15, -0.1) is 0 Å². The number of carbonyl (C=O) groups is 3. The molecule has 0 aliphatic heterocycles. The van der Waals surface area contributed by atoms with Gasteiger partial charge in [-0.25, -0.2) is 9.59 Å². The standard InChI is InChI=1S/C27H34N4O3.C2HF3O2/c28-16-6-13-24(29)26(32)31(17-7-10-20-8-2-1-3-9-20)25(27(33)34)19-30-23-15-14-21-11-4-5-12-22(21)18-23;3-2(4,5)1(6)7/h1-5,8-9,11-12,14-15,18,24-25,30H,6-7,10,13,16-17,19,28-29H2,(H,33,34);(H,6,7)/t24-,25+;/m1./s1. The molecule has 12 heteroatoms. The first-order valence-corrected chi connectivity index (χ1v) is 13.0. The second-order valence-corrected chi connectivity index (χ2v) is 9.26. The molecule has 222 valence electrons. The highest BCUT2D eigenvalue weighted by atomic mass is 19.4. The van der Waals surface area contributed by atoms with Crippen LogP contribution in [0.1, 0.15) is 24.8 Å². The Morgan fingerprint density at radius 1 is 0.902 bits per heavy atom. The van der Waals surface area contributed by atoms with Gasteiger partial charge in [-0.2, -0.15) is 13.2 Å². The Labute approximate surface area is 235 Å². The normalized spacial score (nSPS) is 12.5. The third kappa shape index (κ3) is 11.1. The van der Waals surface area contributed by atoms with Crippen LogP contribution in [0.25, 0.3) is 10.8 Å². The largest absolute Gasteiger partial charge is 0.490 e. The fourth-order valence-corrected chi connectivity index (χ4v) is 4.04. The van der Waals surface area contributed by atoms with E-state index in [0.717, 1.165) is 28.4 Å². The summed E-state index contributed by atoms with van der Waals surface area (Å²) in [6.07, 6.45) is -2.67. The van der Waals surface area contributed by atoms with Crippen LogP contribution in [0, 0.1) is 0 Å². The van der Waals surface area contributed by atoms with Crippen LogP contribution in [0.5, 0.6) is 0 Å². The summed E-state index contributed by atoms with van der Waals surface area (Å²) in [6, 6.07) is 22.0. The number of nitrogens with two attached hydrogens (primary N) is 2. The SMILES string of the molecule is NCCC[C@@H](N)C(=O)N(CCCc1ccccc1)[C@@H](CNc1ccc2ccccc2c1)C(=O)O.O=C(O)C(F)(F)F. The lowest BCUT2D eigenvalue weighted by molar-refractivity contribution is -0.192. The fraction of sp³-hybridized carbons (Fsp3) is 0.345. The number of carboxylic acid groups (broad SMARTS) is 2. The number of hydrogen-bond donors (Lipinski definition) is 5. The molecule has 0 heterocycles. The van der Waals surface area contributed by atoms with Gasteiger partial charge in [-0.05, 0) is 60.7 Å². The van der Waals surface area contributed by atoms with Crippen molar-refractivity contribution in [1.29, 1.82) is 0 Å². The zero-order chi connectivity index (χ0) is 30.4. The van der Waals surface area contributed by atoms with Crippen molar-refractivity contribution in [3.63, 3.8) is 0 Å². The number of aliphatic carboxylic acids is 2. The minimum atomic E-state index is -5.08. The van der Waals surface area contributed by atoms with Crippen LogP contribution in [-0.2, 0) is 20.8 Å². The number of hydrogen-bond acceptors (Lipinski definition) is 6. The van der Waals surface area contributed by atoms with E-state index in [9.17, 15) is 27.9 Å². The maximum absolute atomic E-state index is 13.2. The Hall–Kier alpha value is -4.16. The number of benzene rings is 3. The number of fused-ring (bicyclic) bond motifs is 1. The molecule has 0 spiro atoms. The maximum atomic E-state index is 13.2. The summed E-state index contributed by atoms with van der Waals surface area (Å²) in [6.45, 7) is 0.815. The molecule has 0 saturated heterocycles. The highest BCUT2D eigenvalue weighted by Crippen LogP contribution is 2.19. The van der Waals surface area contributed by atoms with Crippen LogP contribution >= 0.6 is 0 Å². The molecule has 0 aliphatic rings. The Balaban J connectivity index is 0.000000745. The summed E-state index contributed by atoms with van der Waals surface area (Å²) in [5.41, 5.74) is 13.6. The van der Waals surface area contributed by atoms with Crippen molar-refractivity contribution in [2.45, 2.75) is 43.9 Å². The molecular weight excluding hydrogens is 541 g/mol. The zero-order valence-corrected chi connectivity index (χ0v) is 22.4. The Kier molecular flexibility index (Phi) is 13.0. The Bertz CT molecular complexity index is 1270. The molecule has 3 rings (SSSR count). The van der Waals surface area contributed by atoms with Crippen molar-refractivity contribution in [1.82, 2.24) is 4.90 Å². The number of amides is 1. The fourth-order valence-electron chi connectivity index (χ4n) is 4.04. The van der Waals surface area contributed by atoms with E-state index in [0.29, 0.717) is 32.4 Å². The van der Waals surface area contributed by atoms with E-state index in [1.165, 1.54) is 4.90 Å². The highest BCUT2D eigenvalue weighted by molar-refractivity contribution is 5.88. The van der Waals surface area contributed by atoms with Crippen LogP contribution < -0.4 is 16.8 Å². The number of nitrogens with zero attached hydrogens (tertiary/aromatic N) is 1. The summed E-state index contributed by atoms with van der Waals surface area (Å²) >= 11 is 0. The summed E-state index contributed by atoms with van der Waals surface area (Å²) in [7, 11) is 0. The molecule has 0 aliphatic carbocycles. The van der Waals surface area contributed by atoms with Gasteiger partial charge < -0.3 is 31.9 Å². The predicted octanol–water partition coefficient (Wildman–Crippen LogP) is 3.87. The van der Waals surface area contributed by atoms with Gasteiger partial charge in [0.1, 0.15) is 6.04 Å². The van der Waals surface area contributed by atoms with Gasteiger partial charge in [-0.1, -0.05) is 60.7 Å². The van der Waals surface area contributed by atoms with Crippen LogP contribution in [0.2, 0.25) is 0 Å². The summed E-state index contributed by atoms with van der Waals surface area (Å²) in [5, 5.41) is 22.5. The van der Waals surface area contributed by atoms with Crippen LogP contribution in [0.3, 0.4) is 0 Å². The first-order chi connectivity index (χ1) is 19.4. The van der Waals surface area contributed by atoms with Gasteiger partial charge >= 0.3 is 18.1 Å². The molecule has 3 aromatic rings. The zero-order valence-electron chi connectivity index (χ0n) is 22.4. The Morgan fingerprint density at radius 2 is 1.51 bits per heavy atom. The second-order valence-electron chi connectivity index (χ2n) is 9.26. The number of halogens is 3. The number of aryl methyl sites for hydroxylation is 1. The van der Waals surface area contributed by atoms with Gasteiger partial charge in [0.05, 0.1) is 6.04 Å². The number of rotatable bonds is 13. The van der Waals surface area contributed by atoms with E-state index in [2.05, 4.69) is 5.32 Å². The van der Waals surface area contributed by atoms with Crippen LogP contribution in [0.15, 0.2) is 72.8 Å². The number of carbonyl (C=O) groups excluding carboxylic acids is 1. The van der Waals surface area contributed by atoms with Crippen molar-refractivity contribution in [3.8, 4) is 0 Å². The van der Waals surface area contributed by atoms with Crippen LogP contribution in [0.4, 0.5) is 18.9 Å². The smallest absolute Gasteiger partial charge is 0.480 e. The lowest BCUT2D eigenvalue weighted by Crippen LogP contribution is -2.54. The molecule has 2 atom stereocenters.